The van der Waals surface area contributed by atoms with Gasteiger partial charge in [0.2, 0.25) is 0 Å². The van der Waals surface area contributed by atoms with E-state index in [1.807, 2.05) is 19.1 Å². The van der Waals surface area contributed by atoms with Gasteiger partial charge in [-0.15, -0.1) is 0 Å². The molecule has 3 nitrogen and oxygen atoms in total. The monoisotopic (exact) mass is 247 g/mol. The lowest BCUT2D eigenvalue weighted by Crippen LogP contribution is -1.89. The molecule has 0 spiro atoms. The molecule has 0 aliphatic rings. The van der Waals surface area contributed by atoms with Crippen molar-refractivity contribution < 1.29 is 9.90 Å². The van der Waals surface area contributed by atoms with Crippen molar-refractivity contribution in [2.45, 2.75) is 6.92 Å². The lowest BCUT2D eigenvalue weighted by atomic mass is 10.1. The van der Waals surface area contributed by atoms with Crippen molar-refractivity contribution in [1.29, 1.82) is 0 Å². The molecule has 1 N–H and O–H groups in total. The number of rotatable bonds is 2. The van der Waals surface area contributed by atoms with Gasteiger partial charge in [0.05, 0.1) is 5.52 Å². The molecule has 4 heteroatoms. The standard InChI is InChI=1S/C13H10ClNO2/c1-8-4-5-15-13-9(2-3-12(16)17)6-10(14)7-11(8)13/h2-7H,1H3,(H,16,17)/b3-2+. The Kier molecular flexibility index (Phi) is 3.11. The summed E-state index contributed by atoms with van der Waals surface area (Å²) in [5.41, 5.74) is 2.52. The molecule has 17 heavy (non-hydrogen) atoms. The molecule has 0 radical (unpaired) electrons. The maximum atomic E-state index is 10.5. The van der Waals surface area contributed by atoms with Crippen molar-refractivity contribution in [2.75, 3.05) is 0 Å². The van der Waals surface area contributed by atoms with Crippen LogP contribution >= 0.6 is 11.6 Å². The Labute approximate surface area is 103 Å². The van der Waals surface area contributed by atoms with Gasteiger partial charge < -0.3 is 5.11 Å². The molecule has 1 aromatic carbocycles. The second-order valence-corrected chi connectivity index (χ2v) is 4.13. The normalized spacial score (nSPS) is 11.2. The topological polar surface area (TPSA) is 50.2 Å². The number of hydrogen-bond donors (Lipinski definition) is 1. The summed E-state index contributed by atoms with van der Waals surface area (Å²) >= 11 is 6.00. The average molecular weight is 248 g/mol. The largest absolute Gasteiger partial charge is 0.478 e. The summed E-state index contributed by atoms with van der Waals surface area (Å²) in [6.45, 7) is 1.96. The number of benzene rings is 1. The minimum Gasteiger partial charge on any atom is -0.478 e. The van der Waals surface area contributed by atoms with Gasteiger partial charge in [-0.05, 0) is 36.8 Å². The SMILES string of the molecule is Cc1ccnc2c(/C=C/C(=O)O)cc(Cl)cc12. The summed E-state index contributed by atoms with van der Waals surface area (Å²) in [5.74, 6) is -0.995. The second kappa shape index (κ2) is 4.55. The number of aliphatic carboxylic acids is 1. The van der Waals surface area contributed by atoms with E-state index in [1.165, 1.54) is 6.08 Å². The molecular weight excluding hydrogens is 238 g/mol. The number of carbonyl (C=O) groups is 1. The van der Waals surface area contributed by atoms with Crippen LogP contribution in [0.25, 0.3) is 17.0 Å². The zero-order valence-corrected chi connectivity index (χ0v) is 9.90. The molecule has 0 aliphatic heterocycles. The minimum absolute atomic E-state index is 0.568. The number of aromatic nitrogens is 1. The molecule has 0 saturated heterocycles. The van der Waals surface area contributed by atoms with Gasteiger partial charge in [0.1, 0.15) is 0 Å². The highest BCUT2D eigenvalue weighted by Gasteiger charge is 2.04. The third kappa shape index (κ3) is 2.45. The van der Waals surface area contributed by atoms with Crippen molar-refractivity contribution in [3.63, 3.8) is 0 Å². The molecule has 86 valence electrons. The van der Waals surface area contributed by atoms with Crippen molar-refractivity contribution in [3.05, 3.63) is 46.6 Å². The van der Waals surface area contributed by atoms with E-state index in [0.29, 0.717) is 10.6 Å². The van der Waals surface area contributed by atoms with Gasteiger partial charge in [-0.1, -0.05) is 11.6 Å². The lowest BCUT2D eigenvalue weighted by Gasteiger charge is -2.05. The van der Waals surface area contributed by atoms with Crippen LogP contribution in [0, 0.1) is 6.92 Å². The highest BCUT2D eigenvalue weighted by atomic mass is 35.5. The van der Waals surface area contributed by atoms with Crippen LogP contribution in [0.4, 0.5) is 0 Å². The van der Waals surface area contributed by atoms with E-state index in [9.17, 15) is 4.79 Å². The van der Waals surface area contributed by atoms with Crippen LogP contribution in [0.5, 0.6) is 0 Å². The predicted octanol–water partition coefficient (Wildman–Crippen LogP) is 3.29. The first-order valence-electron chi connectivity index (χ1n) is 5.04. The van der Waals surface area contributed by atoms with Crippen LogP contribution in [0.1, 0.15) is 11.1 Å². The molecule has 0 unspecified atom stereocenters. The van der Waals surface area contributed by atoms with Crippen LogP contribution in [-0.4, -0.2) is 16.1 Å². The smallest absolute Gasteiger partial charge is 0.328 e. The fourth-order valence-corrected chi connectivity index (χ4v) is 1.89. The predicted molar refractivity (Wildman–Crippen MR) is 68.2 cm³/mol. The van der Waals surface area contributed by atoms with Gasteiger partial charge in [0.15, 0.2) is 0 Å². The Hall–Kier alpha value is -1.87. The summed E-state index contributed by atoms with van der Waals surface area (Å²) in [5, 5.41) is 10.1. The third-order valence-corrected chi connectivity index (χ3v) is 2.68. The van der Waals surface area contributed by atoms with Gasteiger partial charge in [-0.25, -0.2) is 4.79 Å². The summed E-state index contributed by atoms with van der Waals surface area (Å²) in [6.07, 6.45) is 4.28. The third-order valence-electron chi connectivity index (χ3n) is 2.46. The number of aryl methyl sites for hydroxylation is 1. The van der Waals surface area contributed by atoms with Crippen LogP contribution in [0.15, 0.2) is 30.5 Å². The number of carboxylic acids is 1. The molecule has 0 bridgehead atoms. The maximum absolute atomic E-state index is 10.5. The Morgan fingerprint density at radius 1 is 1.47 bits per heavy atom. The van der Waals surface area contributed by atoms with Gasteiger partial charge in [-0.3, -0.25) is 4.98 Å². The first-order chi connectivity index (χ1) is 8.08. The molecule has 2 rings (SSSR count). The Morgan fingerprint density at radius 2 is 2.24 bits per heavy atom. The number of pyridine rings is 1. The van der Waals surface area contributed by atoms with E-state index >= 15 is 0 Å². The fraction of sp³-hybridized carbons (Fsp3) is 0.0769. The summed E-state index contributed by atoms with van der Waals surface area (Å²) in [4.78, 5) is 14.8. The molecular formula is C13H10ClNO2. The van der Waals surface area contributed by atoms with Gasteiger partial charge in [0, 0.05) is 28.2 Å². The van der Waals surface area contributed by atoms with Gasteiger partial charge >= 0.3 is 5.97 Å². The van der Waals surface area contributed by atoms with Crippen LogP contribution in [-0.2, 0) is 4.79 Å². The molecule has 0 atom stereocenters. The number of halogens is 1. The van der Waals surface area contributed by atoms with Crippen LogP contribution < -0.4 is 0 Å². The van der Waals surface area contributed by atoms with Crippen LogP contribution in [0.2, 0.25) is 5.02 Å². The van der Waals surface area contributed by atoms with Crippen molar-refractivity contribution >= 4 is 34.5 Å². The average Bonchev–Trinajstić information content (AvgIpc) is 2.27. The first-order valence-corrected chi connectivity index (χ1v) is 5.41. The molecule has 1 heterocycles. The van der Waals surface area contributed by atoms with E-state index in [-0.39, 0.29) is 0 Å². The number of fused-ring (bicyclic) bond motifs is 1. The molecule has 0 fully saturated rings. The summed E-state index contributed by atoms with van der Waals surface area (Å²) < 4.78 is 0. The summed E-state index contributed by atoms with van der Waals surface area (Å²) in [6, 6.07) is 5.43. The Morgan fingerprint density at radius 3 is 2.94 bits per heavy atom. The highest BCUT2D eigenvalue weighted by Crippen LogP contribution is 2.25. The molecule has 0 saturated carbocycles. The number of hydrogen-bond acceptors (Lipinski definition) is 2. The molecule has 1 aromatic heterocycles. The highest BCUT2D eigenvalue weighted by molar-refractivity contribution is 6.31. The quantitative estimate of drug-likeness (QED) is 0.829. The van der Waals surface area contributed by atoms with Gasteiger partial charge in [-0.2, -0.15) is 0 Å². The zero-order chi connectivity index (χ0) is 12.4. The van der Waals surface area contributed by atoms with Crippen molar-refractivity contribution in [2.24, 2.45) is 0 Å². The maximum Gasteiger partial charge on any atom is 0.328 e. The number of nitrogens with zero attached hydrogens (tertiary/aromatic N) is 1. The Bertz CT molecular complexity index is 620. The Balaban J connectivity index is 2.70. The van der Waals surface area contributed by atoms with Crippen molar-refractivity contribution in [3.8, 4) is 0 Å². The van der Waals surface area contributed by atoms with Gasteiger partial charge in [0.25, 0.3) is 0 Å². The van der Waals surface area contributed by atoms with E-state index in [2.05, 4.69) is 4.98 Å². The molecule has 0 amide bonds. The van der Waals surface area contributed by atoms with E-state index in [4.69, 9.17) is 16.7 Å². The first kappa shape index (κ1) is 11.6. The van der Waals surface area contributed by atoms with E-state index in [0.717, 1.165) is 22.5 Å². The van der Waals surface area contributed by atoms with E-state index in [1.54, 1.807) is 12.3 Å². The van der Waals surface area contributed by atoms with E-state index < -0.39 is 5.97 Å². The minimum atomic E-state index is -0.995. The molecule has 2 aromatic rings. The fourth-order valence-electron chi connectivity index (χ4n) is 1.67. The zero-order valence-electron chi connectivity index (χ0n) is 9.14. The lowest BCUT2D eigenvalue weighted by molar-refractivity contribution is -0.131. The summed E-state index contributed by atoms with van der Waals surface area (Å²) in [7, 11) is 0. The van der Waals surface area contributed by atoms with Crippen LogP contribution in [0.3, 0.4) is 0 Å². The second-order valence-electron chi connectivity index (χ2n) is 3.69. The van der Waals surface area contributed by atoms with Crippen molar-refractivity contribution in [1.82, 2.24) is 4.98 Å². The molecule has 0 aliphatic carbocycles. The number of carboxylic acid groups (broad SMARTS) is 1.